The van der Waals surface area contributed by atoms with Gasteiger partial charge in [0.05, 0.1) is 11.9 Å². The molecule has 2 amide bonds. The van der Waals surface area contributed by atoms with Gasteiger partial charge in [-0.05, 0) is 26.3 Å². The van der Waals surface area contributed by atoms with E-state index in [1.54, 1.807) is 38.1 Å². The summed E-state index contributed by atoms with van der Waals surface area (Å²) < 4.78 is 6.30. The molecule has 0 spiro atoms. The molecular formula is C20H26N4O5. The number of unbranched alkanes of at least 4 members (excludes halogenated alkanes) is 1. The zero-order valence-electron chi connectivity index (χ0n) is 16.9. The van der Waals surface area contributed by atoms with Crippen molar-refractivity contribution in [3.8, 4) is 0 Å². The maximum absolute atomic E-state index is 12.5. The topological polar surface area (TPSA) is 119 Å². The summed E-state index contributed by atoms with van der Waals surface area (Å²) in [5.74, 6) is -1.76. The Balaban J connectivity index is 2.10. The van der Waals surface area contributed by atoms with Gasteiger partial charge in [-0.2, -0.15) is 5.10 Å². The minimum atomic E-state index is -0.812. The zero-order valence-corrected chi connectivity index (χ0v) is 16.9. The highest BCUT2D eigenvalue weighted by atomic mass is 16.5. The molecule has 1 heterocycles. The molecule has 2 aromatic rings. The van der Waals surface area contributed by atoms with E-state index in [2.05, 4.69) is 15.7 Å². The monoisotopic (exact) mass is 402 g/mol. The average molecular weight is 402 g/mol. The van der Waals surface area contributed by atoms with Crippen LogP contribution in [0.3, 0.4) is 0 Å². The summed E-state index contributed by atoms with van der Waals surface area (Å²) in [7, 11) is 0. The fourth-order valence-corrected chi connectivity index (χ4v) is 2.65. The van der Waals surface area contributed by atoms with E-state index in [4.69, 9.17) is 4.74 Å². The fraction of sp³-hybridized carbons (Fsp3) is 0.450. The summed E-state index contributed by atoms with van der Waals surface area (Å²) in [5.41, 5.74) is -0.304. The number of aromatic nitrogens is 2. The molecule has 1 aromatic carbocycles. The first kappa shape index (κ1) is 22.1. The van der Waals surface area contributed by atoms with Gasteiger partial charge in [0.25, 0.3) is 11.5 Å². The first-order chi connectivity index (χ1) is 13.8. The molecule has 0 unspecified atom stereocenters. The first-order valence-corrected chi connectivity index (χ1v) is 9.56. The number of rotatable bonds is 9. The van der Waals surface area contributed by atoms with Crippen LogP contribution in [0.15, 0.2) is 29.1 Å². The Kier molecular flexibility index (Phi) is 7.88. The standard InChI is InChI=1S/C20H26N4O5/c1-4-5-10-24-19(27)15-9-7-6-8-14(15)18(23-24)20(28)29-12-17(26)21-11-16(25)22-13(2)3/h6-9,13H,4-5,10-12H2,1-3H3,(H,21,26)(H,22,25). The number of hydrogen-bond donors (Lipinski definition) is 2. The van der Waals surface area contributed by atoms with E-state index in [1.807, 2.05) is 6.92 Å². The Labute approximate surface area is 168 Å². The zero-order chi connectivity index (χ0) is 21.4. The van der Waals surface area contributed by atoms with Crippen molar-refractivity contribution in [2.24, 2.45) is 0 Å². The van der Waals surface area contributed by atoms with Gasteiger partial charge >= 0.3 is 5.97 Å². The molecule has 0 atom stereocenters. The molecule has 0 fully saturated rings. The van der Waals surface area contributed by atoms with Crippen LogP contribution in [-0.2, 0) is 20.9 Å². The highest BCUT2D eigenvalue weighted by Gasteiger charge is 2.19. The molecule has 0 saturated carbocycles. The molecule has 0 radical (unpaired) electrons. The number of aryl methyl sites for hydroxylation is 1. The van der Waals surface area contributed by atoms with Crippen molar-refractivity contribution in [1.29, 1.82) is 0 Å². The molecule has 0 aliphatic carbocycles. The van der Waals surface area contributed by atoms with Gasteiger partial charge in [-0.3, -0.25) is 14.4 Å². The van der Waals surface area contributed by atoms with Gasteiger partial charge in [-0.1, -0.05) is 31.5 Å². The minimum Gasteiger partial charge on any atom is -0.451 e. The predicted octanol–water partition coefficient (Wildman–Crippen LogP) is 0.994. The molecule has 2 rings (SSSR count). The summed E-state index contributed by atoms with van der Waals surface area (Å²) in [4.78, 5) is 48.5. The second-order valence-electron chi connectivity index (χ2n) is 6.85. The molecule has 0 saturated heterocycles. The Morgan fingerprint density at radius 2 is 1.83 bits per heavy atom. The van der Waals surface area contributed by atoms with E-state index in [0.717, 1.165) is 12.8 Å². The lowest BCUT2D eigenvalue weighted by molar-refractivity contribution is -0.128. The molecule has 29 heavy (non-hydrogen) atoms. The molecule has 0 aliphatic rings. The van der Waals surface area contributed by atoms with E-state index in [9.17, 15) is 19.2 Å². The number of nitrogens with zero attached hydrogens (tertiary/aromatic N) is 2. The number of benzene rings is 1. The van der Waals surface area contributed by atoms with Crippen molar-refractivity contribution in [2.75, 3.05) is 13.2 Å². The Bertz CT molecular complexity index is 952. The second kappa shape index (κ2) is 10.4. The SMILES string of the molecule is CCCCn1nc(C(=O)OCC(=O)NCC(=O)NC(C)C)c2ccccc2c1=O. The third-order valence-electron chi connectivity index (χ3n) is 4.01. The summed E-state index contributed by atoms with van der Waals surface area (Å²) in [6.07, 6.45) is 1.60. The average Bonchev–Trinajstić information content (AvgIpc) is 2.69. The Hall–Kier alpha value is -3.23. The van der Waals surface area contributed by atoms with Gasteiger partial charge in [-0.15, -0.1) is 0 Å². The highest BCUT2D eigenvalue weighted by Crippen LogP contribution is 2.14. The summed E-state index contributed by atoms with van der Waals surface area (Å²) in [6.45, 7) is 5.21. The maximum Gasteiger partial charge on any atom is 0.359 e. The fourth-order valence-electron chi connectivity index (χ4n) is 2.65. The van der Waals surface area contributed by atoms with E-state index in [1.165, 1.54) is 4.68 Å². The third-order valence-corrected chi connectivity index (χ3v) is 4.01. The van der Waals surface area contributed by atoms with E-state index < -0.39 is 18.5 Å². The van der Waals surface area contributed by atoms with Gasteiger partial charge in [0.2, 0.25) is 5.91 Å². The van der Waals surface area contributed by atoms with Crippen LogP contribution in [0.4, 0.5) is 0 Å². The number of hydrogen-bond acceptors (Lipinski definition) is 6. The first-order valence-electron chi connectivity index (χ1n) is 9.56. The van der Waals surface area contributed by atoms with Crippen LogP contribution in [0.1, 0.15) is 44.1 Å². The third kappa shape index (κ3) is 6.13. The summed E-state index contributed by atoms with van der Waals surface area (Å²) in [5, 5.41) is 9.90. The number of amides is 2. The van der Waals surface area contributed by atoms with Gasteiger partial charge in [0.15, 0.2) is 12.3 Å². The molecule has 2 N–H and O–H groups in total. The number of nitrogens with one attached hydrogen (secondary N) is 2. The summed E-state index contributed by atoms with van der Waals surface area (Å²) in [6, 6.07) is 6.59. The van der Waals surface area contributed by atoms with Crippen LogP contribution in [0.25, 0.3) is 10.8 Å². The number of carbonyl (C=O) groups excluding carboxylic acids is 3. The van der Waals surface area contributed by atoms with Crippen molar-refractivity contribution >= 4 is 28.6 Å². The largest absolute Gasteiger partial charge is 0.451 e. The van der Waals surface area contributed by atoms with E-state index >= 15 is 0 Å². The molecular weight excluding hydrogens is 376 g/mol. The van der Waals surface area contributed by atoms with Crippen LogP contribution in [0, 0.1) is 0 Å². The molecule has 156 valence electrons. The number of carbonyl (C=O) groups is 3. The van der Waals surface area contributed by atoms with Crippen molar-refractivity contribution in [3.05, 3.63) is 40.3 Å². The number of fused-ring (bicyclic) bond motifs is 1. The van der Waals surface area contributed by atoms with Crippen molar-refractivity contribution in [3.63, 3.8) is 0 Å². The van der Waals surface area contributed by atoms with Crippen LogP contribution in [0.5, 0.6) is 0 Å². The van der Waals surface area contributed by atoms with Crippen molar-refractivity contribution in [2.45, 2.75) is 46.2 Å². The minimum absolute atomic E-state index is 0.0262. The van der Waals surface area contributed by atoms with Gasteiger partial charge in [0, 0.05) is 18.0 Å². The smallest absolute Gasteiger partial charge is 0.359 e. The Morgan fingerprint density at radius 1 is 1.14 bits per heavy atom. The molecule has 0 bridgehead atoms. The van der Waals surface area contributed by atoms with Gasteiger partial charge < -0.3 is 15.4 Å². The van der Waals surface area contributed by atoms with Crippen LogP contribution < -0.4 is 16.2 Å². The van der Waals surface area contributed by atoms with E-state index in [-0.39, 0.29) is 29.7 Å². The summed E-state index contributed by atoms with van der Waals surface area (Å²) >= 11 is 0. The quantitative estimate of drug-likeness (QED) is 0.604. The van der Waals surface area contributed by atoms with Crippen molar-refractivity contribution < 1.29 is 19.1 Å². The second-order valence-corrected chi connectivity index (χ2v) is 6.85. The molecule has 9 heteroatoms. The van der Waals surface area contributed by atoms with Crippen LogP contribution in [0.2, 0.25) is 0 Å². The van der Waals surface area contributed by atoms with Crippen LogP contribution in [-0.4, -0.2) is 46.8 Å². The molecule has 1 aromatic heterocycles. The lowest BCUT2D eigenvalue weighted by Gasteiger charge is -2.11. The number of esters is 1. The van der Waals surface area contributed by atoms with Gasteiger partial charge in [0.1, 0.15) is 0 Å². The molecule has 9 nitrogen and oxygen atoms in total. The lowest BCUT2D eigenvalue weighted by Crippen LogP contribution is -2.41. The predicted molar refractivity (Wildman–Crippen MR) is 107 cm³/mol. The van der Waals surface area contributed by atoms with Crippen molar-refractivity contribution in [1.82, 2.24) is 20.4 Å². The van der Waals surface area contributed by atoms with Crippen LogP contribution >= 0.6 is 0 Å². The van der Waals surface area contributed by atoms with E-state index in [0.29, 0.717) is 17.3 Å². The maximum atomic E-state index is 12.5. The van der Waals surface area contributed by atoms with Gasteiger partial charge in [-0.25, -0.2) is 9.48 Å². The lowest BCUT2D eigenvalue weighted by atomic mass is 10.1. The molecule has 0 aliphatic heterocycles. The normalized spacial score (nSPS) is 10.8. The highest BCUT2D eigenvalue weighted by molar-refractivity contribution is 6.02. The number of ether oxygens (including phenoxy) is 1. The Morgan fingerprint density at radius 3 is 2.48 bits per heavy atom.